The summed E-state index contributed by atoms with van der Waals surface area (Å²) in [4.78, 5) is 32.4. The van der Waals surface area contributed by atoms with Crippen LogP contribution in [-0.2, 0) is 13.8 Å². The van der Waals surface area contributed by atoms with E-state index >= 15 is 0 Å². The molecule has 0 unspecified atom stereocenters. The zero-order chi connectivity index (χ0) is 15.8. The van der Waals surface area contributed by atoms with Crippen molar-refractivity contribution in [2.45, 2.75) is 23.8 Å². The fraction of sp³-hybridized carbons (Fsp3) is 0.556. The number of nitrogens with zero attached hydrogens (tertiary/aromatic N) is 2. The molecule has 0 spiro atoms. The molecule has 1 saturated heterocycles. The van der Waals surface area contributed by atoms with E-state index in [0.29, 0.717) is 0 Å². The van der Waals surface area contributed by atoms with Gasteiger partial charge in [0.25, 0.3) is 0 Å². The predicted octanol–water partition coefficient (Wildman–Crippen LogP) is -1.20. The quantitative estimate of drug-likeness (QED) is 0.390. The van der Waals surface area contributed by atoms with Crippen LogP contribution in [0.1, 0.15) is 6.23 Å². The summed E-state index contributed by atoms with van der Waals surface area (Å²) in [5, 5.41) is 8.96. The average molecular weight is 342 g/mol. The van der Waals surface area contributed by atoms with Gasteiger partial charge >= 0.3 is 13.5 Å². The second-order valence-corrected chi connectivity index (χ2v) is 6.07. The predicted molar refractivity (Wildman–Crippen MR) is 70.5 cm³/mol. The first-order valence-electron chi connectivity index (χ1n) is 5.71. The number of halogens is 1. The summed E-state index contributed by atoms with van der Waals surface area (Å²) in [6.07, 6.45) is -2.18. The number of nitrogen functional groups attached to an aromatic ring is 1. The van der Waals surface area contributed by atoms with Gasteiger partial charge in [0.05, 0.1) is 12.0 Å². The average Bonchev–Trinajstić information content (AvgIpc) is 2.64. The molecule has 118 valence electrons. The first kappa shape index (κ1) is 16.4. The van der Waals surface area contributed by atoms with Gasteiger partial charge in [0.2, 0.25) is 0 Å². The number of aliphatic hydroxyl groups excluding tert-OH is 1. The van der Waals surface area contributed by atoms with Gasteiger partial charge in [0, 0.05) is 6.20 Å². The molecule has 1 aliphatic heterocycles. The number of aromatic nitrogens is 2. The Morgan fingerprint density at radius 1 is 1.57 bits per heavy atom. The molecular formula is C9H13ClN3O7P. The monoisotopic (exact) mass is 341 g/mol. The SMILES string of the molecule is Nc1ccn([C@@H]2O[C@H](COP(=O)(O)O)[C@@H](Cl)[C@H]2O)c(=O)n1. The lowest BCUT2D eigenvalue weighted by atomic mass is 10.2. The molecule has 1 aliphatic rings. The van der Waals surface area contributed by atoms with Crippen LogP contribution in [0.2, 0.25) is 0 Å². The van der Waals surface area contributed by atoms with Crippen LogP contribution in [-0.4, -0.2) is 48.6 Å². The molecule has 0 amide bonds. The molecule has 1 aromatic rings. The largest absolute Gasteiger partial charge is 0.469 e. The van der Waals surface area contributed by atoms with Crippen LogP contribution in [0.5, 0.6) is 0 Å². The highest BCUT2D eigenvalue weighted by Crippen LogP contribution is 2.39. The number of alkyl halides is 1. The highest BCUT2D eigenvalue weighted by atomic mass is 35.5. The summed E-state index contributed by atoms with van der Waals surface area (Å²) in [5.74, 6) is 0.00698. The number of hydrogen-bond donors (Lipinski definition) is 4. The molecule has 5 N–H and O–H groups in total. The maximum Gasteiger partial charge on any atom is 0.469 e. The van der Waals surface area contributed by atoms with Crippen LogP contribution >= 0.6 is 19.4 Å². The maximum absolute atomic E-state index is 11.7. The van der Waals surface area contributed by atoms with Crippen LogP contribution in [0, 0.1) is 0 Å². The van der Waals surface area contributed by atoms with Crippen molar-refractivity contribution < 1.29 is 28.7 Å². The Labute approximate surface area is 123 Å². The van der Waals surface area contributed by atoms with Crippen molar-refractivity contribution in [3.8, 4) is 0 Å². The Balaban J connectivity index is 2.16. The van der Waals surface area contributed by atoms with E-state index in [1.54, 1.807) is 0 Å². The molecule has 0 radical (unpaired) electrons. The summed E-state index contributed by atoms with van der Waals surface area (Å²) < 4.78 is 21.2. The number of hydrogen-bond acceptors (Lipinski definition) is 7. The topological polar surface area (TPSA) is 157 Å². The number of nitrogens with two attached hydrogens (primary N) is 1. The van der Waals surface area contributed by atoms with E-state index in [2.05, 4.69) is 9.51 Å². The maximum atomic E-state index is 11.7. The van der Waals surface area contributed by atoms with E-state index in [0.717, 1.165) is 4.57 Å². The fourth-order valence-corrected chi connectivity index (χ4v) is 2.46. The highest BCUT2D eigenvalue weighted by molar-refractivity contribution is 7.46. The molecule has 2 rings (SSSR count). The minimum absolute atomic E-state index is 0.00698. The van der Waals surface area contributed by atoms with E-state index in [1.165, 1.54) is 12.3 Å². The molecule has 12 heteroatoms. The van der Waals surface area contributed by atoms with Crippen LogP contribution in [0.15, 0.2) is 17.1 Å². The van der Waals surface area contributed by atoms with Gasteiger partial charge in [-0.15, -0.1) is 11.6 Å². The van der Waals surface area contributed by atoms with Gasteiger partial charge < -0.3 is 25.4 Å². The second kappa shape index (κ2) is 6.01. The van der Waals surface area contributed by atoms with Crippen molar-refractivity contribution >= 4 is 25.2 Å². The van der Waals surface area contributed by atoms with Gasteiger partial charge in [-0.1, -0.05) is 0 Å². The third kappa shape index (κ3) is 3.80. The number of ether oxygens (including phenoxy) is 1. The van der Waals surface area contributed by atoms with E-state index in [1.807, 2.05) is 0 Å². The molecule has 4 atom stereocenters. The van der Waals surface area contributed by atoms with E-state index < -0.39 is 43.9 Å². The Morgan fingerprint density at radius 3 is 2.81 bits per heavy atom. The lowest BCUT2D eigenvalue weighted by Gasteiger charge is -2.17. The van der Waals surface area contributed by atoms with Gasteiger partial charge in [-0.05, 0) is 6.07 Å². The number of aliphatic hydroxyl groups is 1. The van der Waals surface area contributed by atoms with Crippen LogP contribution in [0.4, 0.5) is 5.82 Å². The van der Waals surface area contributed by atoms with Crippen molar-refractivity contribution in [1.29, 1.82) is 0 Å². The lowest BCUT2D eigenvalue weighted by molar-refractivity contribution is -0.0523. The molecule has 21 heavy (non-hydrogen) atoms. The fourth-order valence-electron chi connectivity index (χ4n) is 1.86. The summed E-state index contributed by atoms with van der Waals surface area (Å²) in [6.45, 7) is -0.539. The van der Waals surface area contributed by atoms with Gasteiger partial charge in [-0.2, -0.15) is 4.98 Å². The first-order chi connectivity index (χ1) is 9.69. The zero-order valence-electron chi connectivity index (χ0n) is 10.4. The minimum atomic E-state index is -4.69. The molecule has 0 bridgehead atoms. The van der Waals surface area contributed by atoms with Crippen molar-refractivity contribution in [3.05, 3.63) is 22.7 Å². The Morgan fingerprint density at radius 2 is 2.24 bits per heavy atom. The summed E-state index contributed by atoms with van der Waals surface area (Å²) in [7, 11) is -4.69. The Hall–Kier alpha value is -1.00. The third-order valence-corrected chi connectivity index (χ3v) is 3.85. The number of anilines is 1. The molecule has 10 nitrogen and oxygen atoms in total. The third-order valence-electron chi connectivity index (χ3n) is 2.82. The van der Waals surface area contributed by atoms with Crippen LogP contribution < -0.4 is 11.4 Å². The standard InChI is InChI=1S/C9H13ClN3O7P/c10-6-4(3-19-21(16,17)18)20-8(7(6)14)13-2-1-5(11)12-9(13)15/h1-2,4,6-8,14H,3H2,(H2,11,12,15)(H2,16,17,18)/t4-,6-,7-,8-/m1/s1. The molecule has 1 fully saturated rings. The minimum Gasteiger partial charge on any atom is -0.387 e. The molecule has 0 aromatic carbocycles. The van der Waals surface area contributed by atoms with Gasteiger partial charge in [0.1, 0.15) is 18.0 Å². The van der Waals surface area contributed by atoms with Crippen molar-refractivity contribution in [1.82, 2.24) is 9.55 Å². The molecular weight excluding hydrogens is 329 g/mol. The summed E-state index contributed by atoms with van der Waals surface area (Å²) in [5.41, 5.74) is 4.60. The van der Waals surface area contributed by atoms with Gasteiger partial charge in [-0.25, -0.2) is 9.36 Å². The number of phosphoric ester groups is 1. The zero-order valence-corrected chi connectivity index (χ0v) is 12.1. The van der Waals surface area contributed by atoms with E-state index in [-0.39, 0.29) is 5.82 Å². The van der Waals surface area contributed by atoms with Gasteiger partial charge in [0.15, 0.2) is 6.23 Å². The molecule has 0 aliphatic carbocycles. The molecule has 0 saturated carbocycles. The summed E-state index contributed by atoms with van der Waals surface area (Å²) >= 11 is 5.92. The Bertz CT molecular complexity index is 620. The first-order valence-corrected chi connectivity index (χ1v) is 7.68. The highest BCUT2D eigenvalue weighted by Gasteiger charge is 2.44. The summed E-state index contributed by atoms with van der Waals surface area (Å²) in [6, 6.07) is 1.33. The smallest absolute Gasteiger partial charge is 0.387 e. The normalized spacial score (nSPS) is 29.7. The number of phosphoric acid groups is 1. The Kier molecular flexibility index (Phi) is 4.69. The van der Waals surface area contributed by atoms with Crippen molar-refractivity contribution in [2.24, 2.45) is 0 Å². The molecule has 1 aromatic heterocycles. The van der Waals surface area contributed by atoms with Crippen LogP contribution in [0.3, 0.4) is 0 Å². The molecule has 2 heterocycles. The number of rotatable bonds is 4. The van der Waals surface area contributed by atoms with Crippen molar-refractivity contribution in [3.63, 3.8) is 0 Å². The van der Waals surface area contributed by atoms with E-state index in [9.17, 15) is 14.5 Å². The van der Waals surface area contributed by atoms with Crippen molar-refractivity contribution in [2.75, 3.05) is 12.3 Å². The second-order valence-electron chi connectivity index (χ2n) is 4.33. The van der Waals surface area contributed by atoms with E-state index in [4.69, 9.17) is 31.9 Å². The van der Waals surface area contributed by atoms with Gasteiger partial charge in [-0.3, -0.25) is 9.09 Å². The lowest BCUT2D eigenvalue weighted by Crippen LogP contribution is -2.34. The van der Waals surface area contributed by atoms with Crippen LogP contribution in [0.25, 0.3) is 0 Å².